The average molecular weight is 520 g/mol. The van der Waals surface area contributed by atoms with E-state index in [0.717, 1.165) is 0 Å². The molecule has 2 saturated heterocycles. The second kappa shape index (κ2) is 9.50. The Morgan fingerprint density at radius 3 is 2.59 bits per heavy atom. The van der Waals surface area contributed by atoms with Crippen molar-refractivity contribution >= 4 is 23.0 Å². The van der Waals surface area contributed by atoms with Gasteiger partial charge in [0.25, 0.3) is 5.92 Å². The van der Waals surface area contributed by atoms with E-state index in [1.807, 2.05) is 0 Å². The van der Waals surface area contributed by atoms with Gasteiger partial charge in [0.15, 0.2) is 5.82 Å². The van der Waals surface area contributed by atoms with E-state index in [9.17, 15) is 24.1 Å². The monoisotopic (exact) mass is 519 g/mol. The van der Waals surface area contributed by atoms with E-state index >= 15 is 0 Å². The van der Waals surface area contributed by atoms with Crippen molar-refractivity contribution in [2.45, 2.75) is 37.4 Å². The van der Waals surface area contributed by atoms with Gasteiger partial charge in [-0.25, -0.2) is 13.3 Å². The second-order valence-electron chi connectivity index (χ2n) is 9.08. The van der Waals surface area contributed by atoms with Crippen LogP contribution in [0.25, 0.3) is 16.8 Å². The molecule has 3 aromatic rings. The molecule has 198 valence electrons. The zero-order valence-electron chi connectivity index (χ0n) is 20.1. The summed E-state index contributed by atoms with van der Waals surface area (Å²) in [6, 6.07) is 3.81. The van der Waals surface area contributed by atoms with Crippen molar-refractivity contribution in [3.05, 3.63) is 30.1 Å². The molecule has 0 spiro atoms. The molecule has 1 atom stereocenters. The number of hydrogen-bond donors (Lipinski definition) is 5. The second-order valence-corrected chi connectivity index (χ2v) is 9.08. The maximum absolute atomic E-state index is 15.0. The van der Waals surface area contributed by atoms with E-state index < -0.39 is 24.6 Å². The van der Waals surface area contributed by atoms with Crippen LogP contribution in [-0.4, -0.2) is 97.3 Å². The number of likely N-dealkylation sites (tertiary alicyclic amines) is 1. The summed E-state index contributed by atoms with van der Waals surface area (Å²) >= 11 is 0. The maximum Gasteiger partial charge on any atom is 0.368 e. The number of nitrogens with zero attached hydrogens (tertiary/aromatic N) is 7. The predicted octanol–water partition coefficient (Wildman–Crippen LogP) is 1.33. The minimum absolute atomic E-state index is 0.00309. The summed E-state index contributed by atoms with van der Waals surface area (Å²) in [6.07, 6.45) is -1.65. The van der Waals surface area contributed by atoms with Gasteiger partial charge in [0.05, 0.1) is 43.2 Å². The van der Waals surface area contributed by atoms with Crippen LogP contribution in [0, 0.1) is 6.92 Å². The molecule has 37 heavy (non-hydrogen) atoms. The van der Waals surface area contributed by atoms with Gasteiger partial charge in [-0.05, 0) is 31.5 Å². The van der Waals surface area contributed by atoms with Crippen LogP contribution in [0.15, 0.2) is 34.6 Å². The summed E-state index contributed by atoms with van der Waals surface area (Å²) in [5.41, 5.74) is 2.38. The summed E-state index contributed by atoms with van der Waals surface area (Å²) in [5, 5.41) is 45.7. The van der Waals surface area contributed by atoms with Gasteiger partial charge in [0.2, 0.25) is 5.95 Å². The van der Waals surface area contributed by atoms with Gasteiger partial charge >= 0.3 is 6.10 Å². The summed E-state index contributed by atoms with van der Waals surface area (Å²) in [5.74, 6) is -3.47. The summed E-state index contributed by atoms with van der Waals surface area (Å²) < 4.78 is 36.4. The number of azo groups is 1. The van der Waals surface area contributed by atoms with Gasteiger partial charge in [-0.3, -0.25) is 15.2 Å². The standard InChI is InChI=1S/C22H27F2N9O4/c1-12-15(30-25-2)3-4-16(26-12)14-5-8-33-18(14)19(29-22(34,35)36)28-20(31-33)27-17-6-7-32(11-21(17,23)24)13-9-37-10-13/h3-5,8,13,17,34-36H,6-7,9-11H2,1-2H3,(H2,27,28,29,31). The van der Waals surface area contributed by atoms with Gasteiger partial charge in [0, 0.05) is 25.4 Å². The molecule has 0 radical (unpaired) electrons. The smallest absolute Gasteiger partial charge is 0.368 e. The number of fused-ring (bicyclic) bond motifs is 1. The zero-order valence-corrected chi connectivity index (χ0v) is 20.1. The highest BCUT2D eigenvalue weighted by Crippen LogP contribution is 2.34. The molecule has 2 fully saturated rings. The third-order valence-corrected chi connectivity index (χ3v) is 6.41. The third-order valence-electron chi connectivity index (χ3n) is 6.41. The fraction of sp³-hybridized carbons (Fsp3) is 0.500. The van der Waals surface area contributed by atoms with Crippen LogP contribution in [0.1, 0.15) is 12.1 Å². The Balaban J connectivity index is 1.48. The van der Waals surface area contributed by atoms with Gasteiger partial charge in [-0.15, -0.1) is 5.10 Å². The first kappa shape index (κ1) is 25.3. The Morgan fingerprint density at radius 1 is 1.19 bits per heavy atom. The van der Waals surface area contributed by atoms with E-state index in [4.69, 9.17) is 4.74 Å². The van der Waals surface area contributed by atoms with Crippen molar-refractivity contribution in [3.8, 4) is 11.3 Å². The third kappa shape index (κ3) is 5.21. The number of aliphatic hydroxyl groups is 3. The number of piperidine rings is 1. The molecule has 0 bridgehead atoms. The van der Waals surface area contributed by atoms with Crippen molar-refractivity contribution in [2.75, 3.05) is 44.0 Å². The van der Waals surface area contributed by atoms with Crippen LogP contribution in [0.3, 0.4) is 0 Å². The largest absolute Gasteiger partial charge is 0.378 e. The normalized spacial score (nSPS) is 20.9. The van der Waals surface area contributed by atoms with Crippen LogP contribution in [-0.2, 0) is 4.74 Å². The number of nitrogens with one attached hydrogen (secondary N) is 2. The summed E-state index contributed by atoms with van der Waals surface area (Å²) in [7, 11) is 1.54. The number of hydrogen-bond acceptors (Lipinski definition) is 12. The van der Waals surface area contributed by atoms with Gasteiger partial charge in [-0.2, -0.15) is 15.2 Å². The number of anilines is 2. The quantitative estimate of drug-likeness (QED) is 0.227. The average Bonchev–Trinajstić information content (AvgIpc) is 3.19. The Morgan fingerprint density at radius 2 is 1.97 bits per heavy atom. The first-order valence-corrected chi connectivity index (χ1v) is 11.6. The Hall–Kier alpha value is -3.37. The lowest BCUT2D eigenvalue weighted by molar-refractivity contribution is -0.289. The van der Waals surface area contributed by atoms with Crippen LogP contribution in [0.2, 0.25) is 0 Å². The lowest BCUT2D eigenvalue weighted by Gasteiger charge is -2.44. The topological polar surface area (TPSA) is 165 Å². The first-order chi connectivity index (χ1) is 17.5. The molecule has 5 N–H and O–H groups in total. The van der Waals surface area contributed by atoms with E-state index in [1.54, 1.807) is 43.3 Å². The Labute approximate surface area is 209 Å². The van der Waals surface area contributed by atoms with Crippen LogP contribution in [0.4, 0.5) is 26.2 Å². The number of halogens is 2. The maximum atomic E-state index is 15.0. The SMILES string of the molecule is CN=Nc1ccc(-c2ccn3nc(NC4CCN(C5COC5)CC4(F)F)nc(NC(O)(O)O)c23)nc1C. The van der Waals surface area contributed by atoms with Crippen molar-refractivity contribution in [2.24, 2.45) is 10.2 Å². The number of aryl methyl sites for hydroxylation is 1. The molecule has 15 heteroatoms. The minimum Gasteiger partial charge on any atom is -0.378 e. The fourth-order valence-corrected chi connectivity index (χ4v) is 4.50. The zero-order chi connectivity index (χ0) is 26.4. The van der Waals surface area contributed by atoms with E-state index in [0.29, 0.717) is 42.4 Å². The molecule has 13 nitrogen and oxygen atoms in total. The lowest BCUT2D eigenvalue weighted by atomic mass is 9.98. The van der Waals surface area contributed by atoms with E-state index in [-0.39, 0.29) is 29.7 Å². The Bertz CT molecular complexity index is 1320. The molecule has 0 saturated carbocycles. The molecule has 0 amide bonds. The fourth-order valence-electron chi connectivity index (χ4n) is 4.50. The molecule has 1 unspecified atom stereocenters. The molecular formula is C22H27F2N9O4. The highest BCUT2D eigenvalue weighted by atomic mass is 19.3. The molecule has 5 heterocycles. The van der Waals surface area contributed by atoms with Crippen molar-refractivity contribution in [1.29, 1.82) is 0 Å². The molecule has 0 aliphatic carbocycles. The van der Waals surface area contributed by atoms with Crippen LogP contribution < -0.4 is 10.6 Å². The van der Waals surface area contributed by atoms with Crippen molar-refractivity contribution in [1.82, 2.24) is 24.5 Å². The number of alkyl halides is 2. The van der Waals surface area contributed by atoms with Crippen molar-refractivity contribution < 1.29 is 28.8 Å². The van der Waals surface area contributed by atoms with Gasteiger partial charge in [-0.1, -0.05) is 0 Å². The lowest BCUT2D eigenvalue weighted by Crippen LogP contribution is -2.61. The molecular weight excluding hydrogens is 492 g/mol. The Kier molecular flexibility index (Phi) is 6.49. The van der Waals surface area contributed by atoms with Crippen LogP contribution >= 0.6 is 0 Å². The first-order valence-electron chi connectivity index (χ1n) is 11.6. The van der Waals surface area contributed by atoms with E-state index in [1.165, 1.54) is 4.52 Å². The molecule has 0 aromatic carbocycles. The highest BCUT2D eigenvalue weighted by molar-refractivity contribution is 5.88. The number of pyridine rings is 1. The van der Waals surface area contributed by atoms with Gasteiger partial charge < -0.3 is 25.4 Å². The number of aromatic nitrogens is 4. The molecule has 2 aliphatic rings. The van der Waals surface area contributed by atoms with E-state index in [2.05, 4.69) is 35.9 Å². The van der Waals surface area contributed by atoms with Crippen LogP contribution in [0.5, 0.6) is 0 Å². The summed E-state index contributed by atoms with van der Waals surface area (Å²) in [4.78, 5) is 10.4. The summed E-state index contributed by atoms with van der Waals surface area (Å²) in [6.45, 7) is 2.68. The molecule has 5 rings (SSSR count). The van der Waals surface area contributed by atoms with Crippen molar-refractivity contribution in [3.63, 3.8) is 0 Å². The molecule has 2 aliphatic heterocycles. The molecule has 3 aromatic heterocycles. The number of rotatable bonds is 7. The number of ether oxygens (including phenoxy) is 1. The van der Waals surface area contributed by atoms with Gasteiger partial charge in [0.1, 0.15) is 11.2 Å². The minimum atomic E-state index is -3.33. The predicted molar refractivity (Wildman–Crippen MR) is 128 cm³/mol. The highest BCUT2D eigenvalue weighted by Gasteiger charge is 2.47.